The molecule has 6 rings (SSSR count). The molecular weight excluding hydrogens is 741 g/mol. The van der Waals surface area contributed by atoms with Gasteiger partial charge in [0.15, 0.2) is 0 Å². The highest BCUT2D eigenvalue weighted by molar-refractivity contribution is 8.24. The predicted molar refractivity (Wildman–Crippen MR) is 217 cm³/mol. The van der Waals surface area contributed by atoms with E-state index in [2.05, 4.69) is 182 Å². The third-order valence-corrected chi connectivity index (χ3v) is 7.72. The van der Waals surface area contributed by atoms with Gasteiger partial charge in [-0.05, 0) is 138 Å². The Kier molecular flexibility index (Phi) is 13.5. The number of H-pyrrole nitrogens is 1. The number of hydrogen-bond donors (Lipinski definition) is 1. The molecule has 2 heterocycles. The van der Waals surface area contributed by atoms with Crippen molar-refractivity contribution in [2.75, 3.05) is 0 Å². The van der Waals surface area contributed by atoms with E-state index in [9.17, 15) is 9.36 Å². The molecule has 0 saturated carbocycles. The number of nitrogens with zero attached hydrogens (tertiary/aromatic N) is 3. The molecule has 0 aliphatic carbocycles. The Labute approximate surface area is 319 Å². The lowest BCUT2D eigenvalue weighted by molar-refractivity contribution is 0.600. The average Bonchev–Trinajstić information content (AvgIpc) is 2.98. The molecule has 0 bridgehead atoms. The number of aryl methyl sites for hydroxylation is 8. The van der Waals surface area contributed by atoms with E-state index in [-0.39, 0.29) is 5.56 Å². The van der Waals surface area contributed by atoms with Crippen LogP contribution in [-0.2, 0) is 4.57 Å². The standard InChI is InChI=1S/C20H19ClN2.C20H20N2O.Cl3OP/c1-12-5-13(2)8-16(7-12)19-20(23-18(21)11-22-19)17-9-14(3)6-15(4)10-17;1-12-5-13(2)8-16(7-12)19-20(22-18(23)11-21-19)17-9-14(3)6-15(4)10-17;1-5(2,3)4/h5-11H,1-4H3;5-11H,1-4H3,(H,22,23);. The number of rotatable bonds is 4. The lowest BCUT2D eigenvalue weighted by atomic mass is 9.98. The van der Waals surface area contributed by atoms with Crippen molar-refractivity contribution < 1.29 is 4.57 Å². The van der Waals surface area contributed by atoms with Crippen LogP contribution in [0.15, 0.2) is 90.0 Å². The second-order valence-corrected chi connectivity index (χ2v) is 19.8. The summed E-state index contributed by atoms with van der Waals surface area (Å²) >= 11 is 20.0. The van der Waals surface area contributed by atoms with Gasteiger partial charge in [-0.25, -0.2) is 9.97 Å². The van der Waals surface area contributed by atoms with Crippen molar-refractivity contribution in [1.82, 2.24) is 19.9 Å². The number of hydrogen-bond acceptors (Lipinski definition) is 5. The summed E-state index contributed by atoms with van der Waals surface area (Å²) in [6.07, 6.45) is 2.96. The van der Waals surface area contributed by atoms with Gasteiger partial charge in [0, 0.05) is 22.3 Å². The third kappa shape index (κ3) is 12.2. The van der Waals surface area contributed by atoms with Crippen LogP contribution in [0.4, 0.5) is 0 Å². The Morgan fingerprint density at radius 2 is 0.804 bits per heavy atom. The quantitative estimate of drug-likeness (QED) is 0.180. The molecule has 6 aromatic rings. The topological polar surface area (TPSA) is 88.6 Å². The Balaban J connectivity index is 0.000000202. The Morgan fingerprint density at radius 3 is 1.20 bits per heavy atom. The smallest absolute Gasteiger partial charge is 0.319 e. The van der Waals surface area contributed by atoms with E-state index >= 15 is 0 Å². The zero-order chi connectivity index (χ0) is 37.6. The van der Waals surface area contributed by atoms with Crippen molar-refractivity contribution >= 4 is 50.5 Å². The zero-order valence-corrected chi connectivity index (χ0v) is 33.6. The van der Waals surface area contributed by atoms with Crippen LogP contribution >= 0.6 is 50.5 Å². The van der Waals surface area contributed by atoms with Crippen LogP contribution in [-0.4, -0.2) is 19.9 Å². The molecule has 0 aliphatic rings. The van der Waals surface area contributed by atoms with Gasteiger partial charge in [0.25, 0.3) is 5.56 Å². The van der Waals surface area contributed by atoms with Crippen molar-refractivity contribution in [2.45, 2.75) is 55.4 Å². The van der Waals surface area contributed by atoms with E-state index in [4.69, 9.17) is 11.6 Å². The largest absolute Gasteiger partial charge is 0.339 e. The molecule has 0 spiro atoms. The van der Waals surface area contributed by atoms with Crippen LogP contribution in [0.5, 0.6) is 0 Å². The Morgan fingerprint density at radius 1 is 0.490 bits per heavy atom. The highest BCUT2D eigenvalue weighted by atomic mass is 36.0. The maximum Gasteiger partial charge on any atom is 0.339 e. The predicted octanol–water partition coefficient (Wildman–Crippen LogP) is 12.8. The highest BCUT2D eigenvalue weighted by Gasteiger charge is 2.14. The SMILES string of the molecule is Cc1cc(C)cc(-c2ncc(=O)[nH]c2-c2cc(C)cc(C)c2)c1.Cc1cc(C)cc(-c2ncc(Cl)nc2-c2cc(C)cc(C)c2)c1.O=P(Cl)(Cl)Cl. The van der Waals surface area contributed by atoms with E-state index in [0.29, 0.717) is 5.15 Å². The van der Waals surface area contributed by atoms with Crippen molar-refractivity contribution in [3.8, 4) is 45.0 Å². The van der Waals surface area contributed by atoms with Gasteiger partial charge < -0.3 is 4.98 Å². The first-order valence-corrected chi connectivity index (χ1v) is 20.8. The summed E-state index contributed by atoms with van der Waals surface area (Å²) in [6.45, 7) is 16.6. The first-order valence-electron chi connectivity index (χ1n) is 16.0. The molecule has 1 N–H and O–H groups in total. The van der Waals surface area contributed by atoms with Gasteiger partial charge in [-0.15, -0.1) is 0 Å². The fourth-order valence-corrected chi connectivity index (χ4v) is 6.20. The van der Waals surface area contributed by atoms with E-state index in [1.54, 1.807) is 6.20 Å². The van der Waals surface area contributed by atoms with Gasteiger partial charge in [0.1, 0.15) is 5.15 Å². The number of aromatic amines is 1. The van der Waals surface area contributed by atoms with E-state index in [0.717, 1.165) is 56.2 Å². The second-order valence-electron chi connectivity index (χ2n) is 12.8. The molecule has 0 fully saturated rings. The molecule has 6 nitrogen and oxygen atoms in total. The van der Waals surface area contributed by atoms with Gasteiger partial charge >= 0.3 is 5.20 Å². The monoisotopic (exact) mass is 778 g/mol. The lowest BCUT2D eigenvalue weighted by Crippen LogP contribution is -2.09. The van der Waals surface area contributed by atoms with Crippen molar-refractivity contribution in [3.05, 3.63) is 145 Å². The minimum absolute atomic E-state index is 0.188. The number of benzene rings is 4. The van der Waals surface area contributed by atoms with Gasteiger partial charge in [-0.3, -0.25) is 14.3 Å². The molecule has 0 radical (unpaired) electrons. The van der Waals surface area contributed by atoms with E-state index in [1.165, 1.54) is 39.6 Å². The van der Waals surface area contributed by atoms with E-state index in [1.807, 2.05) is 0 Å². The first kappa shape index (κ1) is 40.0. The minimum Gasteiger partial charge on any atom is -0.319 e. The maximum atomic E-state index is 11.8. The van der Waals surface area contributed by atoms with Crippen LogP contribution < -0.4 is 5.56 Å². The third-order valence-electron chi connectivity index (χ3n) is 7.53. The van der Waals surface area contributed by atoms with Crippen LogP contribution in [0.1, 0.15) is 44.5 Å². The van der Waals surface area contributed by atoms with Crippen LogP contribution in [0.2, 0.25) is 5.15 Å². The summed E-state index contributed by atoms with van der Waals surface area (Å²) < 4.78 is 9.51. The van der Waals surface area contributed by atoms with Gasteiger partial charge in [0.2, 0.25) is 0 Å². The molecule has 0 unspecified atom stereocenters. The highest BCUT2D eigenvalue weighted by Crippen LogP contribution is 2.61. The normalized spacial score (nSPS) is 10.9. The Hall–Kier alpha value is -3.77. The number of aromatic nitrogens is 4. The molecule has 0 atom stereocenters. The summed E-state index contributed by atoms with van der Waals surface area (Å²) in [5.41, 5.74) is 16.7. The van der Waals surface area contributed by atoms with Crippen molar-refractivity contribution in [1.29, 1.82) is 0 Å². The molecule has 51 heavy (non-hydrogen) atoms. The summed E-state index contributed by atoms with van der Waals surface area (Å²) in [5.74, 6) is 0. The van der Waals surface area contributed by atoms with Gasteiger partial charge in [-0.1, -0.05) is 80.4 Å². The minimum atomic E-state index is -3.22. The molecule has 11 heteroatoms. The average molecular weight is 781 g/mol. The van der Waals surface area contributed by atoms with Crippen molar-refractivity contribution in [2.24, 2.45) is 0 Å². The summed E-state index contributed by atoms with van der Waals surface area (Å²) in [7, 11) is 0. The Bertz CT molecular complexity index is 2230. The molecule has 2 aromatic heterocycles. The molecular formula is C40H39Cl4N4O2P. The molecule has 0 saturated heterocycles. The summed E-state index contributed by atoms with van der Waals surface area (Å²) in [4.78, 5) is 28.4. The van der Waals surface area contributed by atoms with E-state index < -0.39 is 5.20 Å². The van der Waals surface area contributed by atoms with Crippen LogP contribution in [0.3, 0.4) is 0 Å². The maximum absolute atomic E-state index is 11.8. The van der Waals surface area contributed by atoms with Crippen LogP contribution in [0.25, 0.3) is 45.0 Å². The molecule has 0 aliphatic heterocycles. The summed E-state index contributed by atoms with van der Waals surface area (Å²) in [6, 6.07) is 25.4. The van der Waals surface area contributed by atoms with Crippen molar-refractivity contribution in [3.63, 3.8) is 0 Å². The van der Waals surface area contributed by atoms with Gasteiger partial charge in [0.05, 0.1) is 35.2 Å². The number of nitrogens with one attached hydrogen (secondary N) is 1. The second kappa shape index (κ2) is 17.2. The zero-order valence-electron chi connectivity index (χ0n) is 29.7. The summed E-state index contributed by atoms with van der Waals surface area (Å²) in [5, 5.41) is -2.81. The van der Waals surface area contributed by atoms with Crippen LogP contribution in [0, 0.1) is 55.4 Å². The fourth-order valence-electron chi connectivity index (χ4n) is 6.06. The molecule has 0 amide bonds. The first-order chi connectivity index (χ1) is 23.8. The van der Waals surface area contributed by atoms with Gasteiger partial charge in [-0.2, -0.15) is 0 Å². The fraction of sp³-hybridized carbons (Fsp3) is 0.200. The molecule has 4 aromatic carbocycles. The number of halogens is 4. The lowest BCUT2D eigenvalue weighted by Gasteiger charge is -2.11. The molecule has 264 valence electrons.